The molecule has 16 heavy (non-hydrogen) atoms. The van der Waals surface area contributed by atoms with Crippen molar-refractivity contribution in [2.45, 2.75) is 32.2 Å². The van der Waals surface area contributed by atoms with Gasteiger partial charge in [-0.2, -0.15) is 0 Å². The molecule has 0 radical (unpaired) electrons. The number of ketones is 1. The molecule has 0 aromatic carbocycles. The van der Waals surface area contributed by atoms with E-state index in [4.69, 9.17) is 0 Å². The van der Waals surface area contributed by atoms with Crippen molar-refractivity contribution in [1.82, 2.24) is 14.8 Å². The number of anilines is 1. The lowest BCUT2D eigenvalue weighted by atomic mass is 10.0. The van der Waals surface area contributed by atoms with Crippen LogP contribution in [-0.2, 0) is 11.2 Å². The van der Waals surface area contributed by atoms with Crippen molar-refractivity contribution >= 4 is 11.6 Å². The third kappa shape index (κ3) is 1.60. The van der Waals surface area contributed by atoms with Crippen LogP contribution in [0.4, 0.5) is 5.82 Å². The smallest absolute Gasteiger partial charge is 0.297 e. The average molecular weight is 222 g/mol. The van der Waals surface area contributed by atoms with E-state index in [0.29, 0.717) is 18.7 Å². The number of carbonyl (C=O) groups is 1. The fraction of sp³-hybridized carbons (Fsp3) is 0.600. The molecule has 86 valence electrons. The summed E-state index contributed by atoms with van der Waals surface area (Å²) in [7, 11) is 1.62. The zero-order chi connectivity index (χ0) is 11.7. The monoisotopic (exact) mass is 222 g/mol. The Morgan fingerprint density at radius 1 is 1.50 bits per heavy atom. The second-order valence-electron chi connectivity index (χ2n) is 3.91. The number of carbonyl (C=O) groups excluding carboxylic acids is 1. The van der Waals surface area contributed by atoms with Crippen molar-refractivity contribution in [2.24, 2.45) is 0 Å². The van der Waals surface area contributed by atoms with Crippen molar-refractivity contribution in [2.75, 3.05) is 12.4 Å². The number of nitrogens with zero attached hydrogens (tertiary/aromatic N) is 3. The van der Waals surface area contributed by atoms with Crippen LogP contribution in [0.2, 0.25) is 0 Å². The lowest BCUT2D eigenvalue weighted by molar-refractivity contribution is -0.120. The fourth-order valence-electron chi connectivity index (χ4n) is 2.05. The van der Waals surface area contributed by atoms with Crippen LogP contribution >= 0.6 is 0 Å². The summed E-state index contributed by atoms with van der Waals surface area (Å²) in [6.07, 6.45) is 2.28. The Kier molecular flexibility index (Phi) is 2.72. The summed E-state index contributed by atoms with van der Waals surface area (Å²) in [4.78, 5) is 23.5. The van der Waals surface area contributed by atoms with Crippen molar-refractivity contribution in [1.29, 1.82) is 0 Å². The topological polar surface area (TPSA) is 76.9 Å². The number of Topliss-reactive ketones (excluding diaryl/α,β-unsaturated/α-hetero) is 1. The Hall–Kier alpha value is -1.72. The van der Waals surface area contributed by atoms with Crippen LogP contribution in [0.3, 0.4) is 0 Å². The fourth-order valence-corrected chi connectivity index (χ4v) is 2.05. The van der Waals surface area contributed by atoms with Crippen LogP contribution in [0.15, 0.2) is 4.79 Å². The molecule has 1 atom stereocenters. The molecule has 1 unspecified atom stereocenters. The summed E-state index contributed by atoms with van der Waals surface area (Å²) in [6.45, 7) is 1.51. The van der Waals surface area contributed by atoms with Crippen LogP contribution in [0.25, 0.3) is 0 Å². The molecule has 0 saturated carbocycles. The van der Waals surface area contributed by atoms with Crippen LogP contribution in [0, 0.1) is 0 Å². The molecular weight excluding hydrogens is 208 g/mol. The maximum absolute atomic E-state index is 12.0. The minimum atomic E-state index is -0.376. The third-order valence-corrected chi connectivity index (χ3v) is 2.86. The van der Waals surface area contributed by atoms with Gasteiger partial charge in [0.05, 0.1) is 6.04 Å². The molecule has 2 heterocycles. The highest BCUT2D eigenvalue weighted by atomic mass is 16.1. The van der Waals surface area contributed by atoms with Gasteiger partial charge in [-0.25, -0.2) is 0 Å². The number of fused-ring (bicyclic) bond motifs is 1. The first-order valence-corrected chi connectivity index (χ1v) is 5.31. The first kappa shape index (κ1) is 10.8. The van der Waals surface area contributed by atoms with Gasteiger partial charge in [0.15, 0.2) is 5.78 Å². The second-order valence-corrected chi connectivity index (χ2v) is 3.91. The van der Waals surface area contributed by atoms with Crippen LogP contribution in [0.5, 0.6) is 0 Å². The standard InChI is InChI=1S/C10H14N4O2/c1-6(15)7-4-3-5-8-12-13-9(11-2)10(16)14(7)8/h7H,3-5H2,1-2H3,(H,11,13). The molecule has 0 saturated heterocycles. The summed E-state index contributed by atoms with van der Waals surface area (Å²) in [5, 5.41) is 10.5. The van der Waals surface area contributed by atoms with E-state index >= 15 is 0 Å². The molecular formula is C10H14N4O2. The van der Waals surface area contributed by atoms with Crippen LogP contribution < -0.4 is 10.9 Å². The predicted octanol–water partition coefficient (Wildman–Crippen LogP) is 0.146. The van der Waals surface area contributed by atoms with Gasteiger partial charge in [0, 0.05) is 13.5 Å². The number of rotatable bonds is 2. The minimum absolute atomic E-state index is 0.00176. The van der Waals surface area contributed by atoms with Crippen LogP contribution in [-0.4, -0.2) is 27.6 Å². The van der Waals surface area contributed by atoms with Crippen LogP contribution in [0.1, 0.15) is 31.6 Å². The molecule has 0 aliphatic carbocycles. The van der Waals surface area contributed by atoms with Gasteiger partial charge in [-0.1, -0.05) is 0 Å². The highest BCUT2D eigenvalue weighted by Gasteiger charge is 2.26. The molecule has 1 aliphatic rings. The van der Waals surface area contributed by atoms with E-state index in [1.54, 1.807) is 7.05 Å². The minimum Gasteiger partial charge on any atom is -0.367 e. The molecule has 1 aromatic heterocycles. The molecule has 1 aliphatic heterocycles. The lowest BCUT2D eigenvalue weighted by Crippen LogP contribution is -2.37. The van der Waals surface area contributed by atoms with Gasteiger partial charge in [-0.05, 0) is 19.8 Å². The van der Waals surface area contributed by atoms with E-state index in [-0.39, 0.29) is 23.2 Å². The number of aromatic nitrogens is 3. The Balaban J connectivity index is 2.61. The maximum Gasteiger partial charge on any atom is 0.297 e. The number of hydrogen-bond donors (Lipinski definition) is 1. The molecule has 1 aromatic rings. The second kappa shape index (κ2) is 4.03. The summed E-state index contributed by atoms with van der Waals surface area (Å²) < 4.78 is 1.48. The summed E-state index contributed by atoms with van der Waals surface area (Å²) in [5.41, 5.74) is -0.257. The lowest BCUT2D eigenvalue weighted by Gasteiger charge is -2.24. The zero-order valence-electron chi connectivity index (χ0n) is 9.36. The van der Waals surface area contributed by atoms with Gasteiger partial charge >= 0.3 is 0 Å². The van der Waals surface area contributed by atoms with E-state index in [2.05, 4.69) is 15.5 Å². The van der Waals surface area contributed by atoms with E-state index < -0.39 is 0 Å². The highest BCUT2D eigenvalue weighted by molar-refractivity contribution is 5.80. The molecule has 6 nitrogen and oxygen atoms in total. The number of aryl methyl sites for hydroxylation is 1. The first-order valence-electron chi connectivity index (χ1n) is 5.31. The molecule has 0 bridgehead atoms. The Morgan fingerprint density at radius 3 is 2.88 bits per heavy atom. The van der Waals surface area contributed by atoms with Gasteiger partial charge in [0.1, 0.15) is 5.82 Å². The highest BCUT2D eigenvalue weighted by Crippen LogP contribution is 2.22. The SMILES string of the molecule is CNc1nnc2n(c1=O)C(C(C)=O)CCC2. The van der Waals surface area contributed by atoms with E-state index in [1.165, 1.54) is 11.5 Å². The summed E-state index contributed by atoms with van der Waals surface area (Å²) in [5.74, 6) is 0.797. The van der Waals surface area contributed by atoms with Crippen molar-refractivity contribution < 1.29 is 4.79 Å². The first-order chi connectivity index (χ1) is 7.65. The molecule has 0 fully saturated rings. The average Bonchev–Trinajstić information content (AvgIpc) is 2.29. The Morgan fingerprint density at radius 2 is 2.25 bits per heavy atom. The summed E-state index contributed by atoms with van der Waals surface area (Å²) >= 11 is 0. The van der Waals surface area contributed by atoms with Crippen molar-refractivity contribution in [3.63, 3.8) is 0 Å². The molecule has 2 rings (SSSR count). The Bertz CT molecular complexity index is 480. The zero-order valence-corrected chi connectivity index (χ0v) is 9.36. The third-order valence-electron chi connectivity index (χ3n) is 2.86. The number of hydrogen-bond acceptors (Lipinski definition) is 5. The van der Waals surface area contributed by atoms with Crippen molar-refractivity contribution in [3.8, 4) is 0 Å². The van der Waals surface area contributed by atoms with E-state index in [9.17, 15) is 9.59 Å². The van der Waals surface area contributed by atoms with Crippen molar-refractivity contribution in [3.05, 3.63) is 16.2 Å². The van der Waals surface area contributed by atoms with Gasteiger partial charge in [0.25, 0.3) is 5.56 Å². The molecule has 1 N–H and O–H groups in total. The number of nitrogens with one attached hydrogen (secondary N) is 1. The Labute approximate surface area is 92.7 Å². The van der Waals surface area contributed by atoms with Gasteiger partial charge in [-0.3, -0.25) is 14.2 Å². The van der Waals surface area contributed by atoms with Gasteiger partial charge < -0.3 is 5.32 Å². The summed E-state index contributed by atoms with van der Waals surface area (Å²) in [6, 6.07) is -0.376. The van der Waals surface area contributed by atoms with Gasteiger partial charge in [-0.15, -0.1) is 10.2 Å². The quantitative estimate of drug-likeness (QED) is 0.770. The van der Waals surface area contributed by atoms with E-state index in [1.807, 2.05) is 0 Å². The maximum atomic E-state index is 12.0. The molecule has 0 spiro atoms. The molecule has 6 heteroatoms. The normalized spacial score (nSPS) is 19.0. The predicted molar refractivity (Wildman–Crippen MR) is 58.5 cm³/mol. The van der Waals surface area contributed by atoms with Gasteiger partial charge in [0.2, 0.25) is 5.82 Å². The molecule has 0 amide bonds. The van der Waals surface area contributed by atoms with E-state index in [0.717, 1.165) is 6.42 Å². The largest absolute Gasteiger partial charge is 0.367 e.